The number of rotatable bonds is 3. The van der Waals surface area contributed by atoms with Crippen LogP contribution in [0.3, 0.4) is 0 Å². The predicted octanol–water partition coefficient (Wildman–Crippen LogP) is 1.78. The molecular weight excluding hydrogens is 338 g/mol. The Labute approximate surface area is 151 Å². The molecule has 0 radical (unpaired) electrons. The van der Waals surface area contributed by atoms with E-state index < -0.39 is 5.60 Å². The van der Waals surface area contributed by atoms with Crippen LogP contribution in [0.15, 0.2) is 41.9 Å². The number of para-hydroxylation sites is 1. The molecule has 0 saturated carbocycles. The van der Waals surface area contributed by atoms with Gasteiger partial charge in [-0.1, -0.05) is 18.2 Å². The number of morpholine rings is 1. The predicted molar refractivity (Wildman–Crippen MR) is 95.7 cm³/mol. The molecule has 4 rings (SSSR count). The van der Waals surface area contributed by atoms with Crippen molar-refractivity contribution in [2.75, 3.05) is 44.4 Å². The van der Waals surface area contributed by atoms with Crippen molar-refractivity contribution < 1.29 is 14.3 Å². The standard InChI is InChI=1S/C18H21N3O3S/c22-17-11-24-18(13-21(17)15-4-2-1-3-5-15)12-20(7-8-23-14-18)10-16-19-6-9-25-16/h1-6,9H,7-8,10-14H2/t18-/m0/s1. The van der Waals surface area contributed by atoms with E-state index in [1.807, 2.05) is 46.8 Å². The van der Waals surface area contributed by atoms with Crippen LogP contribution in [-0.2, 0) is 20.8 Å². The normalized spacial score (nSPS) is 25.3. The van der Waals surface area contributed by atoms with Gasteiger partial charge in [-0.3, -0.25) is 9.69 Å². The third-order valence-corrected chi connectivity index (χ3v) is 5.35. The molecule has 0 bridgehead atoms. The molecule has 0 N–H and O–H groups in total. The van der Waals surface area contributed by atoms with Crippen molar-refractivity contribution in [2.45, 2.75) is 12.1 Å². The number of nitrogens with zero attached hydrogens (tertiary/aromatic N) is 3. The third kappa shape index (κ3) is 3.74. The molecule has 2 aliphatic rings. The van der Waals surface area contributed by atoms with E-state index in [1.54, 1.807) is 11.3 Å². The Hall–Kier alpha value is -1.80. The Morgan fingerprint density at radius 2 is 2.12 bits per heavy atom. The first-order valence-electron chi connectivity index (χ1n) is 8.42. The van der Waals surface area contributed by atoms with E-state index in [0.29, 0.717) is 19.8 Å². The number of thiazole rings is 1. The molecule has 1 amide bonds. The molecule has 132 valence electrons. The molecule has 1 aromatic heterocycles. The number of hydrogen-bond donors (Lipinski definition) is 0. The average Bonchev–Trinajstić information content (AvgIpc) is 3.07. The molecule has 1 spiro atoms. The van der Waals surface area contributed by atoms with Gasteiger partial charge in [-0.05, 0) is 12.1 Å². The summed E-state index contributed by atoms with van der Waals surface area (Å²) in [5.74, 6) is -0.00690. The quantitative estimate of drug-likeness (QED) is 0.836. The minimum Gasteiger partial charge on any atom is -0.377 e. The third-order valence-electron chi connectivity index (χ3n) is 4.59. The highest BCUT2D eigenvalue weighted by Gasteiger charge is 2.43. The number of anilines is 1. The fraction of sp³-hybridized carbons (Fsp3) is 0.444. The summed E-state index contributed by atoms with van der Waals surface area (Å²) in [4.78, 5) is 20.9. The lowest BCUT2D eigenvalue weighted by atomic mass is 10.0. The van der Waals surface area contributed by atoms with Crippen molar-refractivity contribution in [2.24, 2.45) is 0 Å². The molecule has 0 unspecified atom stereocenters. The van der Waals surface area contributed by atoms with E-state index in [0.717, 1.165) is 30.3 Å². The number of ether oxygens (including phenoxy) is 2. The van der Waals surface area contributed by atoms with Gasteiger partial charge >= 0.3 is 0 Å². The van der Waals surface area contributed by atoms with Gasteiger partial charge < -0.3 is 14.4 Å². The van der Waals surface area contributed by atoms with E-state index in [-0.39, 0.29) is 12.5 Å². The molecule has 1 aromatic carbocycles. The zero-order valence-electron chi connectivity index (χ0n) is 14.0. The van der Waals surface area contributed by atoms with Crippen LogP contribution in [0, 0.1) is 0 Å². The maximum atomic E-state index is 12.4. The van der Waals surface area contributed by atoms with Gasteiger partial charge in [0.25, 0.3) is 5.91 Å². The smallest absolute Gasteiger partial charge is 0.253 e. The summed E-state index contributed by atoms with van der Waals surface area (Å²) in [5, 5.41) is 3.08. The van der Waals surface area contributed by atoms with E-state index in [1.165, 1.54) is 0 Å². The maximum Gasteiger partial charge on any atom is 0.253 e. The van der Waals surface area contributed by atoms with Gasteiger partial charge in [0.15, 0.2) is 0 Å². The molecule has 2 aromatic rings. The van der Waals surface area contributed by atoms with E-state index in [9.17, 15) is 4.79 Å². The van der Waals surface area contributed by atoms with Gasteiger partial charge in [-0.25, -0.2) is 4.98 Å². The monoisotopic (exact) mass is 359 g/mol. The molecular formula is C18H21N3O3S. The van der Waals surface area contributed by atoms with Crippen LogP contribution in [0.2, 0.25) is 0 Å². The fourth-order valence-electron chi connectivity index (χ4n) is 3.38. The Balaban J connectivity index is 1.53. The largest absolute Gasteiger partial charge is 0.377 e. The lowest BCUT2D eigenvalue weighted by Crippen LogP contribution is -2.60. The minimum absolute atomic E-state index is 0.00690. The lowest BCUT2D eigenvalue weighted by Gasteiger charge is -2.43. The van der Waals surface area contributed by atoms with Gasteiger partial charge in [0.1, 0.15) is 17.2 Å². The summed E-state index contributed by atoms with van der Waals surface area (Å²) in [6.45, 7) is 4.10. The number of amides is 1. The molecule has 2 aliphatic heterocycles. The maximum absolute atomic E-state index is 12.4. The molecule has 1 atom stereocenters. The molecule has 0 aliphatic carbocycles. The fourth-order valence-corrected chi connectivity index (χ4v) is 4.04. The molecule has 3 heterocycles. The summed E-state index contributed by atoms with van der Waals surface area (Å²) in [6, 6.07) is 9.77. The van der Waals surface area contributed by atoms with E-state index >= 15 is 0 Å². The second-order valence-corrected chi connectivity index (χ2v) is 7.46. The van der Waals surface area contributed by atoms with Crippen LogP contribution in [0.25, 0.3) is 0 Å². The van der Waals surface area contributed by atoms with Gasteiger partial charge in [0.05, 0.1) is 26.3 Å². The first-order chi connectivity index (χ1) is 12.2. The van der Waals surface area contributed by atoms with Crippen LogP contribution in [0.4, 0.5) is 5.69 Å². The first-order valence-corrected chi connectivity index (χ1v) is 9.30. The van der Waals surface area contributed by atoms with Crippen molar-refractivity contribution in [3.8, 4) is 0 Å². The number of carbonyl (C=O) groups is 1. The Morgan fingerprint density at radius 3 is 2.92 bits per heavy atom. The van der Waals surface area contributed by atoms with E-state index in [4.69, 9.17) is 9.47 Å². The van der Waals surface area contributed by atoms with Crippen LogP contribution < -0.4 is 4.90 Å². The minimum atomic E-state index is -0.502. The highest BCUT2D eigenvalue weighted by molar-refractivity contribution is 7.09. The molecule has 6 nitrogen and oxygen atoms in total. The van der Waals surface area contributed by atoms with Crippen LogP contribution in [0.5, 0.6) is 0 Å². The lowest BCUT2D eigenvalue weighted by molar-refractivity contribution is -0.146. The first kappa shape index (κ1) is 16.7. The number of hydrogen-bond acceptors (Lipinski definition) is 6. The molecule has 2 saturated heterocycles. The summed E-state index contributed by atoms with van der Waals surface area (Å²) in [6.07, 6.45) is 1.83. The van der Waals surface area contributed by atoms with Crippen molar-refractivity contribution in [1.29, 1.82) is 0 Å². The Morgan fingerprint density at radius 1 is 1.24 bits per heavy atom. The number of benzene rings is 1. The second kappa shape index (κ2) is 7.21. The number of aromatic nitrogens is 1. The SMILES string of the molecule is O=C1CO[C@]2(COCCN(Cc3nccs3)C2)CN1c1ccccc1. The van der Waals surface area contributed by atoms with Crippen molar-refractivity contribution in [3.05, 3.63) is 46.9 Å². The highest BCUT2D eigenvalue weighted by Crippen LogP contribution is 2.27. The average molecular weight is 359 g/mol. The molecule has 2 fully saturated rings. The number of carbonyl (C=O) groups excluding carboxylic acids is 1. The summed E-state index contributed by atoms with van der Waals surface area (Å²) in [7, 11) is 0. The topological polar surface area (TPSA) is 54.9 Å². The zero-order chi connectivity index (χ0) is 17.1. The van der Waals surface area contributed by atoms with Crippen molar-refractivity contribution in [3.63, 3.8) is 0 Å². The Kier molecular flexibility index (Phi) is 4.80. The van der Waals surface area contributed by atoms with Gasteiger partial charge in [-0.15, -0.1) is 11.3 Å². The van der Waals surface area contributed by atoms with Crippen molar-refractivity contribution in [1.82, 2.24) is 9.88 Å². The van der Waals surface area contributed by atoms with Crippen LogP contribution >= 0.6 is 11.3 Å². The van der Waals surface area contributed by atoms with Crippen molar-refractivity contribution >= 4 is 22.9 Å². The summed E-state index contributed by atoms with van der Waals surface area (Å²) >= 11 is 1.66. The highest BCUT2D eigenvalue weighted by atomic mass is 32.1. The summed E-state index contributed by atoms with van der Waals surface area (Å²) < 4.78 is 11.9. The van der Waals surface area contributed by atoms with Crippen LogP contribution in [0.1, 0.15) is 5.01 Å². The van der Waals surface area contributed by atoms with Gasteiger partial charge in [0.2, 0.25) is 0 Å². The molecule has 7 heteroatoms. The Bertz CT molecular complexity index is 710. The van der Waals surface area contributed by atoms with Gasteiger partial charge in [-0.2, -0.15) is 0 Å². The summed E-state index contributed by atoms with van der Waals surface area (Å²) in [5.41, 5.74) is 0.406. The van der Waals surface area contributed by atoms with Gasteiger partial charge in [0, 0.05) is 30.4 Å². The molecule has 25 heavy (non-hydrogen) atoms. The zero-order valence-corrected chi connectivity index (χ0v) is 14.8. The second-order valence-electron chi connectivity index (χ2n) is 6.48. The van der Waals surface area contributed by atoms with Crippen LogP contribution in [-0.4, -0.2) is 60.8 Å². The van der Waals surface area contributed by atoms with E-state index in [2.05, 4.69) is 9.88 Å².